The Morgan fingerprint density at radius 1 is 1.33 bits per heavy atom. The zero-order valence-electron chi connectivity index (χ0n) is 8.85. The molecule has 0 saturated heterocycles. The van der Waals surface area contributed by atoms with E-state index in [4.69, 9.17) is 0 Å². The Kier molecular flexibility index (Phi) is 3.38. The number of anilines is 1. The molecule has 0 unspecified atom stereocenters. The first-order valence-corrected chi connectivity index (χ1v) is 5.56. The number of rotatable bonds is 2. The van der Waals surface area contributed by atoms with Crippen molar-refractivity contribution in [2.24, 2.45) is 0 Å². The van der Waals surface area contributed by atoms with E-state index in [1.54, 1.807) is 0 Å². The smallest absolute Gasteiger partial charge is 0.257 e. The molecule has 0 aliphatic heterocycles. The van der Waals surface area contributed by atoms with Gasteiger partial charge in [0.15, 0.2) is 11.7 Å². The second-order valence-electron chi connectivity index (χ2n) is 3.30. The van der Waals surface area contributed by atoms with Gasteiger partial charge in [0.1, 0.15) is 4.60 Å². The normalized spacial score (nSPS) is 10.1. The van der Waals surface area contributed by atoms with E-state index in [9.17, 15) is 14.7 Å². The fraction of sp³-hybridized carbons (Fsp3) is 0. The van der Waals surface area contributed by atoms with Crippen LogP contribution in [0.3, 0.4) is 0 Å². The average Bonchev–Trinajstić information content (AvgIpc) is 2.31. The lowest BCUT2D eigenvalue weighted by atomic mass is 10.2. The SMILES string of the molecule is O=C(Nc1cnc(Br)cn1)c1cc(O)[nH]c(=O)c1. The molecule has 18 heavy (non-hydrogen) atoms. The van der Waals surface area contributed by atoms with Crippen LogP contribution in [0.5, 0.6) is 5.88 Å². The molecular weight excluding hydrogens is 304 g/mol. The van der Waals surface area contributed by atoms with E-state index in [1.165, 1.54) is 12.4 Å². The molecule has 0 radical (unpaired) electrons. The fourth-order valence-corrected chi connectivity index (χ4v) is 1.43. The fourth-order valence-electron chi connectivity index (χ4n) is 1.23. The van der Waals surface area contributed by atoms with Crippen LogP contribution in [0.25, 0.3) is 0 Å². The summed E-state index contributed by atoms with van der Waals surface area (Å²) in [5.74, 6) is -0.703. The van der Waals surface area contributed by atoms with Gasteiger partial charge < -0.3 is 10.4 Å². The predicted molar refractivity (Wildman–Crippen MR) is 66.4 cm³/mol. The second-order valence-corrected chi connectivity index (χ2v) is 4.11. The molecule has 1 amide bonds. The molecule has 3 N–H and O–H groups in total. The first-order chi connectivity index (χ1) is 8.54. The highest BCUT2D eigenvalue weighted by Gasteiger charge is 2.09. The monoisotopic (exact) mass is 310 g/mol. The Labute approximate surface area is 109 Å². The summed E-state index contributed by atoms with van der Waals surface area (Å²) in [5, 5.41) is 11.6. The summed E-state index contributed by atoms with van der Waals surface area (Å²) < 4.78 is 0.536. The van der Waals surface area contributed by atoms with Crippen molar-refractivity contribution in [3.05, 3.63) is 45.0 Å². The molecule has 92 valence electrons. The zero-order valence-corrected chi connectivity index (χ0v) is 10.4. The highest BCUT2D eigenvalue weighted by molar-refractivity contribution is 9.10. The Balaban J connectivity index is 2.21. The molecule has 0 spiro atoms. The van der Waals surface area contributed by atoms with E-state index in [0.717, 1.165) is 12.1 Å². The van der Waals surface area contributed by atoms with Gasteiger partial charge in [-0.25, -0.2) is 9.97 Å². The number of aromatic hydroxyl groups is 1. The molecule has 2 heterocycles. The van der Waals surface area contributed by atoms with Gasteiger partial charge in [-0.2, -0.15) is 0 Å². The highest BCUT2D eigenvalue weighted by Crippen LogP contribution is 2.09. The van der Waals surface area contributed by atoms with E-state index in [-0.39, 0.29) is 17.3 Å². The lowest BCUT2D eigenvalue weighted by molar-refractivity contribution is 0.102. The first kappa shape index (κ1) is 12.2. The van der Waals surface area contributed by atoms with Crippen LogP contribution in [0.1, 0.15) is 10.4 Å². The van der Waals surface area contributed by atoms with Crippen LogP contribution in [-0.2, 0) is 0 Å². The molecule has 2 aromatic heterocycles. The number of hydrogen-bond donors (Lipinski definition) is 3. The summed E-state index contributed by atoms with van der Waals surface area (Å²) in [4.78, 5) is 32.7. The van der Waals surface area contributed by atoms with Crippen molar-refractivity contribution in [1.82, 2.24) is 15.0 Å². The standard InChI is InChI=1S/C10H7BrN4O3/c11-6-3-13-7(4-12-6)14-10(18)5-1-8(16)15-9(17)2-5/h1-4H,(H,13,14,18)(H2,15,16,17). The molecule has 0 saturated carbocycles. The van der Waals surface area contributed by atoms with Crippen molar-refractivity contribution < 1.29 is 9.90 Å². The van der Waals surface area contributed by atoms with Crippen LogP contribution in [0, 0.1) is 0 Å². The summed E-state index contributed by atoms with van der Waals surface area (Å²) in [6.45, 7) is 0. The van der Waals surface area contributed by atoms with Gasteiger partial charge in [0.25, 0.3) is 11.5 Å². The predicted octanol–water partition coefficient (Wildman–Crippen LogP) is 0.885. The van der Waals surface area contributed by atoms with Gasteiger partial charge in [0.05, 0.1) is 18.0 Å². The van der Waals surface area contributed by atoms with Crippen LogP contribution in [0.2, 0.25) is 0 Å². The van der Waals surface area contributed by atoms with Crippen molar-refractivity contribution in [2.45, 2.75) is 0 Å². The third-order valence-corrected chi connectivity index (χ3v) is 2.36. The molecule has 0 atom stereocenters. The number of aromatic nitrogens is 3. The topological polar surface area (TPSA) is 108 Å². The zero-order chi connectivity index (χ0) is 13.1. The van der Waals surface area contributed by atoms with Crippen molar-refractivity contribution in [3.63, 3.8) is 0 Å². The van der Waals surface area contributed by atoms with E-state index < -0.39 is 11.5 Å². The van der Waals surface area contributed by atoms with E-state index in [0.29, 0.717) is 4.60 Å². The number of halogens is 1. The number of aromatic amines is 1. The molecular formula is C10H7BrN4O3. The molecule has 2 aromatic rings. The van der Waals surface area contributed by atoms with E-state index in [1.807, 2.05) is 0 Å². The number of nitrogens with zero attached hydrogens (tertiary/aromatic N) is 2. The maximum absolute atomic E-state index is 11.7. The summed E-state index contributed by atoms with van der Waals surface area (Å²) >= 11 is 3.11. The van der Waals surface area contributed by atoms with E-state index in [2.05, 4.69) is 36.2 Å². The molecule has 0 fully saturated rings. The largest absolute Gasteiger partial charge is 0.494 e. The average molecular weight is 311 g/mol. The number of carbonyl (C=O) groups is 1. The number of pyridine rings is 1. The lowest BCUT2D eigenvalue weighted by Gasteiger charge is -2.03. The van der Waals surface area contributed by atoms with Crippen LogP contribution in [0.15, 0.2) is 33.9 Å². The van der Waals surface area contributed by atoms with Crippen molar-refractivity contribution in [3.8, 4) is 5.88 Å². The number of amides is 1. The van der Waals surface area contributed by atoms with Gasteiger partial charge in [0.2, 0.25) is 0 Å². The summed E-state index contributed by atoms with van der Waals surface area (Å²) in [6.07, 6.45) is 2.78. The lowest BCUT2D eigenvalue weighted by Crippen LogP contribution is -2.16. The van der Waals surface area contributed by atoms with Crippen molar-refractivity contribution in [1.29, 1.82) is 0 Å². The number of carbonyl (C=O) groups excluding carboxylic acids is 1. The third kappa shape index (κ3) is 2.92. The van der Waals surface area contributed by atoms with Gasteiger partial charge in [-0.3, -0.25) is 14.6 Å². The van der Waals surface area contributed by atoms with Gasteiger partial charge >= 0.3 is 0 Å². The van der Waals surface area contributed by atoms with Crippen LogP contribution in [-0.4, -0.2) is 26.0 Å². The Morgan fingerprint density at radius 3 is 2.72 bits per heavy atom. The number of hydrogen-bond acceptors (Lipinski definition) is 5. The minimum atomic E-state index is -0.568. The van der Waals surface area contributed by atoms with Crippen molar-refractivity contribution in [2.75, 3.05) is 5.32 Å². The van der Waals surface area contributed by atoms with E-state index >= 15 is 0 Å². The number of nitrogens with one attached hydrogen (secondary N) is 2. The minimum Gasteiger partial charge on any atom is -0.494 e. The third-order valence-electron chi connectivity index (χ3n) is 1.95. The molecule has 0 aromatic carbocycles. The highest BCUT2D eigenvalue weighted by atomic mass is 79.9. The van der Waals surface area contributed by atoms with Crippen LogP contribution in [0.4, 0.5) is 5.82 Å². The molecule has 0 bridgehead atoms. The Morgan fingerprint density at radius 2 is 2.11 bits per heavy atom. The van der Waals surface area contributed by atoms with Gasteiger partial charge in [0, 0.05) is 12.1 Å². The maximum atomic E-state index is 11.7. The summed E-state index contributed by atoms with van der Waals surface area (Å²) in [6, 6.07) is 2.21. The second kappa shape index (κ2) is 4.96. The van der Waals surface area contributed by atoms with Gasteiger partial charge in [-0.15, -0.1) is 0 Å². The Bertz CT molecular complexity index is 638. The molecule has 2 rings (SSSR count). The van der Waals surface area contributed by atoms with Crippen LogP contribution >= 0.6 is 15.9 Å². The summed E-state index contributed by atoms with van der Waals surface area (Å²) in [7, 11) is 0. The Hall–Kier alpha value is -2.22. The van der Waals surface area contributed by atoms with Gasteiger partial charge in [-0.05, 0) is 15.9 Å². The minimum absolute atomic E-state index is 0.0287. The molecule has 0 aliphatic rings. The van der Waals surface area contributed by atoms with Gasteiger partial charge in [-0.1, -0.05) is 0 Å². The van der Waals surface area contributed by atoms with Crippen LogP contribution < -0.4 is 10.9 Å². The first-order valence-electron chi connectivity index (χ1n) is 4.77. The quantitative estimate of drug-likeness (QED) is 0.763. The molecule has 0 aliphatic carbocycles. The maximum Gasteiger partial charge on any atom is 0.257 e. The number of H-pyrrole nitrogens is 1. The molecule has 7 nitrogen and oxygen atoms in total. The summed E-state index contributed by atoms with van der Waals surface area (Å²) in [5.41, 5.74) is -0.539. The van der Waals surface area contributed by atoms with Crippen molar-refractivity contribution >= 4 is 27.7 Å². The molecule has 8 heteroatoms.